The Morgan fingerprint density at radius 1 is 0.528 bits per heavy atom. The number of carbonyl (C=O) groups is 2. The number of ether oxygens (including phenoxy) is 1. The molecule has 3 unspecified atom stereocenters. The third-order valence-corrected chi connectivity index (χ3v) is 10.8. The van der Waals surface area contributed by atoms with E-state index in [-0.39, 0.29) is 24.9 Å². The summed E-state index contributed by atoms with van der Waals surface area (Å²) in [6, 6.07) is -0.694. The standard InChI is InChI=1S/C47H91NO5/c1-4-7-10-13-16-19-22-23-25-27-30-33-36-39-45(50)44(42-49)48-46(51)41-43(38-35-32-29-26-24-20-17-14-11-8-5-2)53-47(52)40-37-34-31-28-21-18-15-12-9-6-3/h12,15,43-45,49-50H,4-11,13-14,16-42H2,1-3H3,(H,48,51)/b15-12-. The Bertz CT molecular complexity index is 802. The summed E-state index contributed by atoms with van der Waals surface area (Å²) < 4.78 is 5.89. The molecule has 0 rings (SSSR count). The lowest BCUT2D eigenvalue weighted by molar-refractivity contribution is -0.151. The number of nitrogens with one attached hydrogen (secondary N) is 1. The molecule has 3 N–H and O–H groups in total. The van der Waals surface area contributed by atoms with Crippen molar-refractivity contribution >= 4 is 11.9 Å². The molecule has 0 radical (unpaired) electrons. The Hall–Kier alpha value is -1.40. The summed E-state index contributed by atoms with van der Waals surface area (Å²) in [6.45, 7) is 6.42. The zero-order valence-corrected chi connectivity index (χ0v) is 35.7. The van der Waals surface area contributed by atoms with Crippen LogP contribution in [0.15, 0.2) is 12.2 Å². The van der Waals surface area contributed by atoms with Gasteiger partial charge in [0.15, 0.2) is 0 Å². The van der Waals surface area contributed by atoms with Gasteiger partial charge in [-0.3, -0.25) is 9.59 Å². The molecule has 0 bridgehead atoms. The molecule has 0 spiro atoms. The number of esters is 1. The molecule has 0 aromatic rings. The van der Waals surface area contributed by atoms with E-state index in [1.807, 2.05) is 0 Å². The minimum atomic E-state index is -0.781. The van der Waals surface area contributed by atoms with E-state index in [0.717, 1.165) is 57.8 Å². The van der Waals surface area contributed by atoms with Crippen LogP contribution in [-0.4, -0.2) is 46.9 Å². The quantitative estimate of drug-likeness (QED) is 0.0328. The van der Waals surface area contributed by atoms with Crippen LogP contribution in [-0.2, 0) is 14.3 Å². The molecule has 3 atom stereocenters. The smallest absolute Gasteiger partial charge is 0.306 e. The van der Waals surface area contributed by atoms with Gasteiger partial charge >= 0.3 is 5.97 Å². The van der Waals surface area contributed by atoms with Crippen molar-refractivity contribution < 1.29 is 24.5 Å². The Morgan fingerprint density at radius 2 is 0.943 bits per heavy atom. The first-order valence-electron chi connectivity index (χ1n) is 23.4. The molecule has 0 aliphatic rings. The van der Waals surface area contributed by atoms with Crippen LogP contribution in [0.4, 0.5) is 0 Å². The van der Waals surface area contributed by atoms with E-state index >= 15 is 0 Å². The summed E-state index contributed by atoms with van der Waals surface area (Å²) in [6.07, 6.45) is 44.1. The minimum Gasteiger partial charge on any atom is -0.462 e. The van der Waals surface area contributed by atoms with Crippen LogP contribution >= 0.6 is 0 Å². The van der Waals surface area contributed by atoms with Crippen molar-refractivity contribution in [1.82, 2.24) is 5.32 Å². The van der Waals surface area contributed by atoms with Crippen molar-refractivity contribution in [3.63, 3.8) is 0 Å². The van der Waals surface area contributed by atoms with Gasteiger partial charge in [0.05, 0.1) is 25.2 Å². The maximum Gasteiger partial charge on any atom is 0.306 e. The molecule has 0 heterocycles. The van der Waals surface area contributed by atoms with Crippen LogP contribution in [0.2, 0.25) is 0 Å². The fourth-order valence-electron chi connectivity index (χ4n) is 7.26. The number of hydrogen-bond acceptors (Lipinski definition) is 5. The molecule has 0 aromatic heterocycles. The second kappa shape index (κ2) is 41.8. The molecule has 0 aliphatic carbocycles. The highest BCUT2D eigenvalue weighted by Gasteiger charge is 2.24. The van der Waals surface area contributed by atoms with Gasteiger partial charge in [-0.05, 0) is 44.9 Å². The first-order valence-corrected chi connectivity index (χ1v) is 23.4. The van der Waals surface area contributed by atoms with Crippen LogP contribution in [0.5, 0.6) is 0 Å². The van der Waals surface area contributed by atoms with Gasteiger partial charge in [0.1, 0.15) is 6.10 Å². The van der Waals surface area contributed by atoms with E-state index in [1.165, 1.54) is 148 Å². The van der Waals surface area contributed by atoms with Crippen molar-refractivity contribution in [3.8, 4) is 0 Å². The third-order valence-electron chi connectivity index (χ3n) is 10.8. The van der Waals surface area contributed by atoms with Crippen LogP contribution in [0.3, 0.4) is 0 Å². The van der Waals surface area contributed by atoms with Gasteiger partial charge in [-0.15, -0.1) is 0 Å². The SMILES string of the molecule is CCC/C=C\CCCCCCCC(=O)OC(CCCCCCCCCCCCC)CC(=O)NC(CO)C(O)CCCCCCCCCCCCCCC. The predicted octanol–water partition coefficient (Wildman–Crippen LogP) is 13.4. The van der Waals surface area contributed by atoms with Gasteiger partial charge in [0, 0.05) is 6.42 Å². The molecule has 0 aromatic carbocycles. The van der Waals surface area contributed by atoms with Gasteiger partial charge in [0.25, 0.3) is 0 Å². The summed E-state index contributed by atoms with van der Waals surface area (Å²) in [5, 5.41) is 23.7. The number of aliphatic hydroxyl groups is 2. The summed E-state index contributed by atoms with van der Waals surface area (Å²) >= 11 is 0. The molecule has 0 saturated heterocycles. The second-order valence-corrected chi connectivity index (χ2v) is 16.2. The number of allylic oxidation sites excluding steroid dienone is 2. The normalized spacial score (nSPS) is 13.4. The Balaban J connectivity index is 4.52. The van der Waals surface area contributed by atoms with Crippen molar-refractivity contribution in [3.05, 3.63) is 12.2 Å². The van der Waals surface area contributed by atoms with Gasteiger partial charge < -0.3 is 20.3 Å². The van der Waals surface area contributed by atoms with Crippen LogP contribution in [0.25, 0.3) is 0 Å². The van der Waals surface area contributed by atoms with Crippen molar-refractivity contribution in [2.75, 3.05) is 6.61 Å². The molecule has 0 fully saturated rings. The van der Waals surface area contributed by atoms with Gasteiger partial charge in [-0.1, -0.05) is 206 Å². The number of rotatable bonds is 42. The van der Waals surface area contributed by atoms with Gasteiger partial charge in [-0.2, -0.15) is 0 Å². The average molecular weight is 750 g/mol. The molecular weight excluding hydrogens is 659 g/mol. The Labute approximate surface area is 329 Å². The zero-order valence-electron chi connectivity index (χ0n) is 35.7. The Kier molecular flexibility index (Phi) is 40.7. The fourth-order valence-corrected chi connectivity index (χ4v) is 7.26. The zero-order chi connectivity index (χ0) is 38.9. The van der Waals surface area contributed by atoms with Crippen LogP contribution in [0.1, 0.15) is 252 Å². The summed E-state index contributed by atoms with van der Waals surface area (Å²) in [5.41, 5.74) is 0. The van der Waals surface area contributed by atoms with Gasteiger partial charge in [0.2, 0.25) is 5.91 Å². The topological polar surface area (TPSA) is 95.9 Å². The largest absolute Gasteiger partial charge is 0.462 e. The van der Waals surface area contributed by atoms with E-state index in [9.17, 15) is 19.8 Å². The van der Waals surface area contributed by atoms with Crippen molar-refractivity contribution in [2.24, 2.45) is 0 Å². The third kappa shape index (κ3) is 37.3. The van der Waals surface area contributed by atoms with Crippen LogP contribution < -0.4 is 5.32 Å². The number of unbranched alkanes of at least 4 members (excludes halogenated alkanes) is 28. The highest BCUT2D eigenvalue weighted by atomic mass is 16.5. The molecule has 1 amide bonds. The lowest BCUT2D eigenvalue weighted by Crippen LogP contribution is -2.46. The van der Waals surface area contributed by atoms with Crippen LogP contribution in [0, 0.1) is 0 Å². The lowest BCUT2D eigenvalue weighted by atomic mass is 10.0. The summed E-state index contributed by atoms with van der Waals surface area (Å²) in [4.78, 5) is 25.9. The number of amides is 1. The molecule has 6 nitrogen and oxygen atoms in total. The number of aliphatic hydroxyl groups excluding tert-OH is 2. The number of carbonyl (C=O) groups excluding carboxylic acids is 2. The Morgan fingerprint density at radius 3 is 1.42 bits per heavy atom. The molecule has 53 heavy (non-hydrogen) atoms. The molecular formula is C47H91NO5. The first kappa shape index (κ1) is 51.6. The molecule has 0 aliphatic heterocycles. The lowest BCUT2D eigenvalue weighted by Gasteiger charge is -2.24. The fraction of sp³-hybridized carbons (Fsp3) is 0.915. The first-order chi connectivity index (χ1) is 26.0. The monoisotopic (exact) mass is 750 g/mol. The van der Waals surface area contributed by atoms with Gasteiger partial charge in [-0.25, -0.2) is 0 Å². The highest BCUT2D eigenvalue weighted by Crippen LogP contribution is 2.18. The predicted molar refractivity (Wildman–Crippen MR) is 227 cm³/mol. The minimum absolute atomic E-state index is 0.0804. The maximum atomic E-state index is 13.1. The maximum absolute atomic E-state index is 13.1. The number of hydrogen-bond donors (Lipinski definition) is 3. The second-order valence-electron chi connectivity index (χ2n) is 16.2. The summed E-state index contributed by atoms with van der Waals surface area (Å²) in [5.74, 6) is -0.475. The van der Waals surface area contributed by atoms with E-state index in [4.69, 9.17) is 4.74 Å². The average Bonchev–Trinajstić information content (AvgIpc) is 3.15. The van der Waals surface area contributed by atoms with Crippen molar-refractivity contribution in [2.45, 2.75) is 270 Å². The summed E-state index contributed by atoms with van der Waals surface area (Å²) in [7, 11) is 0. The van der Waals surface area contributed by atoms with E-state index in [0.29, 0.717) is 19.3 Å². The molecule has 6 heteroatoms. The molecule has 314 valence electrons. The van der Waals surface area contributed by atoms with E-state index in [1.54, 1.807) is 0 Å². The molecule has 0 saturated carbocycles. The van der Waals surface area contributed by atoms with E-state index < -0.39 is 18.2 Å². The van der Waals surface area contributed by atoms with E-state index in [2.05, 4.69) is 38.2 Å². The highest BCUT2D eigenvalue weighted by molar-refractivity contribution is 5.77. The van der Waals surface area contributed by atoms with Crippen molar-refractivity contribution in [1.29, 1.82) is 0 Å².